The van der Waals surface area contributed by atoms with Crippen LogP contribution < -0.4 is 0 Å². The van der Waals surface area contributed by atoms with Gasteiger partial charge in [0.1, 0.15) is 17.1 Å². The predicted octanol–water partition coefficient (Wildman–Crippen LogP) is 7.26. The number of methoxy groups -OCH3 is 1. The van der Waals surface area contributed by atoms with Gasteiger partial charge < -0.3 is 18.5 Å². The number of carbonyl (C=O) groups is 1. The van der Waals surface area contributed by atoms with E-state index in [0.717, 1.165) is 49.8 Å². The fourth-order valence-corrected chi connectivity index (χ4v) is 6.37. The third-order valence-corrected chi connectivity index (χ3v) is 9.02. The average Bonchev–Trinajstić information content (AvgIpc) is 3.56. The largest absolute Gasteiger partial charge is 0.465 e. The van der Waals surface area contributed by atoms with Crippen LogP contribution in [0.1, 0.15) is 72.0 Å². The summed E-state index contributed by atoms with van der Waals surface area (Å²) >= 11 is 13.0. The molecule has 11 heteroatoms. The number of esters is 1. The van der Waals surface area contributed by atoms with Crippen molar-refractivity contribution >= 4 is 35.2 Å². The normalized spacial score (nSPS) is 23.8. The van der Waals surface area contributed by atoms with Crippen LogP contribution in [0.25, 0.3) is 28.7 Å². The van der Waals surface area contributed by atoms with Crippen LogP contribution >= 0.6 is 23.2 Å². The van der Waals surface area contributed by atoms with E-state index in [2.05, 4.69) is 32.4 Å². The number of pyridine rings is 1. The Hall–Kier alpha value is -3.53. The number of nitrogens with zero attached hydrogens (tertiary/aromatic N) is 4. The molecule has 4 aliphatic rings. The maximum Gasteiger partial charge on any atom is 0.337 e. The SMILES string of the molecule is COC(=O)c1cccc(-c2noc(C34CCC(/C=C/c5c(-c6c(Cl)cncc6Cl)noc5C5CC5)(CC3)CO4)n2)c1. The highest BCUT2D eigenvalue weighted by molar-refractivity contribution is 6.39. The highest BCUT2D eigenvalue weighted by Crippen LogP contribution is 2.55. The number of benzene rings is 1. The Morgan fingerprint density at radius 2 is 1.85 bits per heavy atom. The summed E-state index contributed by atoms with van der Waals surface area (Å²) in [5.74, 6) is 1.68. The summed E-state index contributed by atoms with van der Waals surface area (Å²) in [7, 11) is 1.35. The number of rotatable bonds is 7. The lowest BCUT2D eigenvalue weighted by Gasteiger charge is -2.50. The van der Waals surface area contributed by atoms with Crippen LogP contribution in [0.4, 0.5) is 0 Å². The van der Waals surface area contributed by atoms with E-state index in [1.165, 1.54) is 7.11 Å². The van der Waals surface area contributed by atoms with E-state index >= 15 is 0 Å². The lowest BCUT2D eigenvalue weighted by Crippen LogP contribution is -2.48. The van der Waals surface area contributed by atoms with Crippen LogP contribution in [0.2, 0.25) is 10.0 Å². The van der Waals surface area contributed by atoms with Crippen LogP contribution in [0.5, 0.6) is 0 Å². The second-order valence-electron chi connectivity index (χ2n) is 11.0. The molecule has 9 nitrogen and oxygen atoms in total. The van der Waals surface area contributed by atoms with Crippen molar-refractivity contribution in [1.29, 1.82) is 0 Å². The molecule has 0 spiro atoms. The Balaban J connectivity index is 1.12. The van der Waals surface area contributed by atoms with E-state index in [4.69, 9.17) is 41.7 Å². The molecule has 0 radical (unpaired) electrons. The van der Waals surface area contributed by atoms with Gasteiger partial charge in [0.2, 0.25) is 5.82 Å². The number of ether oxygens (including phenoxy) is 2. The second-order valence-corrected chi connectivity index (χ2v) is 11.9. The van der Waals surface area contributed by atoms with Gasteiger partial charge in [-0.1, -0.05) is 57.8 Å². The zero-order valence-corrected chi connectivity index (χ0v) is 23.7. The molecule has 2 aliphatic heterocycles. The van der Waals surface area contributed by atoms with Crippen LogP contribution in [0, 0.1) is 5.41 Å². The Morgan fingerprint density at radius 1 is 1.07 bits per heavy atom. The van der Waals surface area contributed by atoms with Crippen molar-refractivity contribution < 1.29 is 23.3 Å². The monoisotopic (exact) mass is 592 g/mol. The maximum absolute atomic E-state index is 12.0. The minimum atomic E-state index is -0.625. The third-order valence-electron chi connectivity index (χ3n) is 8.44. The number of hydrogen-bond donors (Lipinski definition) is 0. The van der Waals surface area contributed by atoms with Crippen LogP contribution in [0.15, 0.2) is 51.8 Å². The molecule has 3 aromatic heterocycles. The van der Waals surface area contributed by atoms with Crippen molar-refractivity contribution in [2.45, 2.75) is 50.0 Å². The molecule has 8 rings (SSSR count). The number of aromatic nitrogens is 4. The van der Waals surface area contributed by atoms with Gasteiger partial charge in [-0.05, 0) is 50.7 Å². The molecule has 210 valence electrons. The highest BCUT2D eigenvalue weighted by Gasteiger charge is 2.52. The summed E-state index contributed by atoms with van der Waals surface area (Å²) in [4.78, 5) is 20.7. The van der Waals surface area contributed by atoms with Gasteiger partial charge >= 0.3 is 5.97 Å². The quantitative estimate of drug-likeness (QED) is 0.204. The van der Waals surface area contributed by atoms with Gasteiger partial charge in [0, 0.05) is 40.4 Å². The zero-order chi connectivity index (χ0) is 28.2. The summed E-state index contributed by atoms with van der Waals surface area (Å²) in [5, 5.41) is 9.44. The third kappa shape index (κ3) is 4.66. The van der Waals surface area contributed by atoms with Gasteiger partial charge in [0.05, 0.1) is 29.3 Å². The van der Waals surface area contributed by atoms with Gasteiger partial charge in [-0.3, -0.25) is 4.98 Å². The van der Waals surface area contributed by atoms with Crippen molar-refractivity contribution in [2.24, 2.45) is 5.41 Å². The summed E-state index contributed by atoms with van der Waals surface area (Å²) in [6.45, 7) is 0.523. The fraction of sp³-hybridized carbons (Fsp3) is 0.367. The zero-order valence-electron chi connectivity index (χ0n) is 22.2. The number of carbonyl (C=O) groups excluding carboxylic acids is 1. The van der Waals surface area contributed by atoms with E-state index in [-0.39, 0.29) is 5.41 Å². The van der Waals surface area contributed by atoms with E-state index in [1.54, 1.807) is 30.6 Å². The Bertz CT molecular complexity index is 1630. The molecule has 4 aromatic rings. The maximum atomic E-state index is 12.0. The minimum Gasteiger partial charge on any atom is -0.465 e. The van der Waals surface area contributed by atoms with E-state index in [0.29, 0.717) is 56.7 Å². The molecule has 0 atom stereocenters. The molecule has 2 saturated heterocycles. The molecule has 0 amide bonds. The number of hydrogen-bond acceptors (Lipinski definition) is 9. The van der Waals surface area contributed by atoms with Gasteiger partial charge in [0.15, 0.2) is 0 Å². The summed E-state index contributed by atoms with van der Waals surface area (Å²) < 4.78 is 22.8. The fourth-order valence-electron chi connectivity index (χ4n) is 5.83. The standard InChI is InChI=1S/C30H26Cl2N4O5/c1-38-27(37)19-4-2-3-18(13-19)26-34-28(41-36-26)30-11-9-29(10-12-30,16-39-30)8-7-20-24(35-40-25(20)17-5-6-17)23-21(31)14-33-15-22(23)32/h2-4,7-8,13-15,17H,5-6,9-12,16H2,1H3/b8-7+. The molecule has 4 fully saturated rings. The topological polar surface area (TPSA) is 113 Å². The van der Waals surface area contributed by atoms with Gasteiger partial charge in [-0.15, -0.1) is 0 Å². The lowest BCUT2D eigenvalue weighted by molar-refractivity contribution is -0.186. The second kappa shape index (κ2) is 10.1. The van der Waals surface area contributed by atoms with Crippen LogP contribution in [-0.2, 0) is 15.1 Å². The minimum absolute atomic E-state index is 0.138. The average molecular weight is 593 g/mol. The smallest absolute Gasteiger partial charge is 0.337 e. The van der Waals surface area contributed by atoms with Crippen molar-refractivity contribution in [1.82, 2.24) is 20.3 Å². The molecular weight excluding hydrogens is 567 g/mol. The lowest BCUT2D eigenvalue weighted by atomic mass is 9.65. The van der Waals surface area contributed by atoms with Crippen molar-refractivity contribution in [2.75, 3.05) is 13.7 Å². The van der Waals surface area contributed by atoms with E-state index in [9.17, 15) is 4.79 Å². The van der Waals surface area contributed by atoms with Crippen molar-refractivity contribution in [3.63, 3.8) is 0 Å². The number of fused-ring (bicyclic) bond motifs is 3. The van der Waals surface area contributed by atoms with Gasteiger partial charge in [0.25, 0.3) is 5.89 Å². The first-order chi connectivity index (χ1) is 19.9. The first-order valence-electron chi connectivity index (χ1n) is 13.6. The Kier molecular flexibility index (Phi) is 6.48. The summed E-state index contributed by atoms with van der Waals surface area (Å²) in [6.07, 6.45) is 12.9. The van der Waals surface area contributed by atoms with Crippen molar-refractivity contribution in [3.8, 4) is 22.6 Å². The van der Waals surface area contributed by atoms with Gasteiger partial charge in [-0.25, -0.2) is 4.79 Å². The molecule has 2 aliphatic carbocycles. The van der Waals surface area contributed by atoms with Crippen LogP contribution in [0.3, 0.4) is 0 Å². The molecule has 5 heterocycles. The Labute approximate surface area is 245 Å². The van der Waals surface area contributed by atoms with E-state index in [1.807, 2.05) is 6.07 Å². The van der Waals surface area contributed by atoms with Gasteiger partial charge in [-0.2, -0.15) is 4.98 Å². The molecule has 1 aromatic carbocycles. The molecule has 2 bridgehead atoms. The van der Waals surface area contributed by atoms with E-state index < -0.39 is 11.6 Å². The highest BCUT2D eigenvalue weighted by atomic mass is 35.5. The molecule has 41 heavy (non-hydrogen) atoms. The Morgan fingerprint density at radius 3 is 2.54 bits per heavy atom. The number of halogens is 2. The first kappa shape index (κ1) is 26.4. The summed E-state index contributed by atoms with van der Waals surface area (Å²) in [6, 6.07) is 6.97. The molecular formula is C30H26Cl2N4O5. The summed E-state index contributed by atoms with van der Waals surface area (Å²) in [5.41, 5.74) is 2.51. The molecule has 0 unspecified atom stereocenters. The first-order valence-corrected chi connectivity index (χ1v) is 14.3. The molecule has 0 N–H and O–H groups in total. The predicted molar refractivity (Wildman–Crippen MR) is 150 cm³/mol. The molecule has 2 saturated carbocycles. The van der Waals surface area contributed by atoms with Crippen molar-refractivity contribution in [3.05, 3.63) is 75.6 Å². The van der Waals surface area contributed by atoms with Crippen LogP contribution in [-0.4, -0.2) is 40.0 Å².